The predicted molar refractivity (Wildman–Crippen MR) is 101 cm³/mol. The predicted octanol–water partition coefficient (Wildman–Crippen LogP) is 4.27. The summed E-state index contributed by atoms with van der Waals surface area (Å²) >= 11 is 11.8. The summed E-state index contributed by atoms with van der Waals surface area (Å²) in [6.07, 6.45) is 2.98. The number of benzene rings is 2. The molecule has 1 aliphatic rings. The van der Waals surface area contributed by atoms with Gasteiger partial charge in [-0.2, -0.15) is 0 Å². The summed E-state index contributed by atoms with van der Waals surface area (Å²) in [5.74, 6) is -0.781. The summed E-state index contributed by atoms with van der Waals surface area (Å²) in [6.45, 7) is -0.293. The van der Waals surface area contributed by atoms with Crippen LogP contribution in [0.25, 0.3) is 0 Å². The molecule has 0 radical (unpaired) electrons. The third-order valence-electron chi connectivity index (χ3n) is 4.40. The Morgan fingerprint density at radius 3 is 2.73 bits per heavy atom. The lowest BCUT2D eigenvalue weighted by Crippen LogP contribution is -2.34. The average molecular weight is 392 g/mol. The van der Waals surface area contributed by atoms with Crippen LogP contribution in [-0.2, 0) is 27.2 Å². The van der Waals surface area contributed by atoms with Gasteiger partial charge in [0.15, 0.2) is 6.61 Å². The highest BCUT2D eigenvalue weighted by Crippen LogP contribution is 2.29. The van der Waals surface area contributed by atoms with Crippen LogP contribution in [0.2, 0.25) is 10.0 Å². The molecule has 0 saturated carbocycles. The molecule has 0 heterocycles. The largest absolute Gasteiger partial charge is 0.455 e. The van der Waals surface area contributed by atoms with E-state index in [1.54, 1.807) is 18.2 Å². The van der Waals surface area contributed by atoms with Crippen molar-refractivity contribution < 1.29 is 14.3 Å². The number of halogens is 2. The number of fused-ring (bicyclic) bond motifs is 1. The number of esters is 1. The van der Waals surface area contributed by atoms with E-state index in [0.717, 1.165) is 24.8 Å². The minimum Gasteiger partial charge on any atom is -0.455 e. The molecule has 0 fully saturated rings. The zero-order valence-electron chi connectivity index (χ0n) is 14.1. The molecule has 2 aromatic carbocycles. The zero-order valence-corrected chi connectivity index (χ0v) is 15.6. The van der Waals surface area contributed by atoms with E-state index in [2.05, 4.69) is 11.4 Å². The van der Waals surface area contributed by atoms with Gasteiger partial charge in [0.05, 0.1) is 22.5 Å². The first-order valence-corrected chi connectivity index (χ1v) is 9.25. The molecule has 0 saturated heterocycles. The van der Waals surface area contributed by atoms with Crippen molar-refractivity contribution in [2.75, 3.05) is 6.61 Å². The van der Waals surface area contributed by atoms with Gasteiger partial charge >= 0.3 is 5.97 Å². The highest BCUT2D eigenvalue weighted by atomic mass is 35.5. The van der Waals surface area contributed by atoms with Crippen molar-refractivity contribution in [3.63, 3.8) is 0 Å². The molecule has 0 aliphatic heterocycles. The maximum atomic E-state index is 12.1. The first kappa shape index (κ1) is 18.7. The van der Waals surface area contributed by atoms with Crippen molar-refractivity contribution >= 4 is 35.1 Å². The van der Waals surface area contributed by atoms with Crippen molar-refractivity contribution in [1.82, 2.24) is 5.32 Å². The number of nitrogens with one attached hydrogen (secondary N) is 1. The van der Waals surface area contributed by atoms with E-state index >= 15 is 0 Å². The minimum atomic E-state index is -0.484. The maximum absolute atomic E-state index is 12.1. The Bertz CT molecular complexity index is 822. The Morgan fingerprint density at radius 2 is 1.92 bits per heavy atom. The zero-order chi connectivity index (χ0) is 18.5. The number of carbonyl (C=O) groups is 2. The molecule has 0 bridgehead atoms. The number of hydrogen-bond donors (Lipinski definition) is 1. The van der Waals surface area contributed by atoms with Crippen LogP contribution in [0.15, 0.2) is 42.5 Å². The van der Waals surface area contributed by atoms with Crippen LogP contribution in [0.5, 0.6) is 0 Å². The van der Waals surface area contributed by atoms with Crippen LogP contribution >= 0.6 is 23.2 Å². The first-order chi connectivity index (χ1) is 12.5. The van der Waals surface area contributed by atoms with Crippen LogP contribution in [-0.4, -0.2) is 18.5 Å². The lowest BCUT2D eigenvalue weighted by atomic mass is 9.88. The van der Waals surface area contributed by atoms with E-state index in [0.29, 0.717) is 15.6 Å². The molecule has 1 atom stereocenters. The summed E-state index contributed by atoms with van der Waals surface area (Å²) in [5, 5.41) is 3.76. The van der Waals surface area contributed by atoms with Crippen LogP contribution in [0.4, 0.5) is 0 Å². The Labute approximate surface area is 162 Å². The van der Waals surface area contributed by atoms with E-state index in [9.17, 15) is 9.59 Å². The standard InChI is InChI=1S/C20H19Cl2NO3/c21-16-9-8-13(10-17(16)22)11-20(25)26-12-19(24)23-18-7-3-5-14-4-1-2-6-15(14)18/h1-2,4,6,8-10,18H,3,5,7,11-12H2,(H,23,24)/t18-/m1/s1. The highest BCUT2D eigenvalue weighted by Gasteiger charge is 2.21. The van der Waals surface area contributed by atoms with Gasteiger partial charge in [0.1, 0.15) is 0 Å². The van der Waals surface area contributed by atoms with E-state index in [1.807, 2.05) is 18.2 Å². The average Bonchev–Trinajstić information content (AvgIpc) is 2.63. The number of rotatable bonds is 5. The minimum absolute atomic E-state index is 0.0266. The summed E-state index contributed by atoms with van der Waals surface area (Å²) in [5.41, 5.74) is 3.10. The van der Waals surface area contributed by atoms with Gasteiger partial charge in [0.25, 0.3) is 5.91 Å². The molecule has 1 aliphatic carbocycles. The monoisotopic (exact) mass is 391 g/mol. The molecule has 3 rings (SSSR count). The van der Waals surface area contributed by atoms with Gasteiger partial charge in [0.2, 0.25) is 0 Å². The molecule has 26 heavy (non-hydrogen) atoms. The van der Waals surface area contributed by atoms with E-state index in [1.165, 1.54) is 5.56 Å². The smallest absolute Gasteiger partial charge is 0.310 e. The molecule has 6 heteroatoms. The first-order valence-electron chi connectivity index (χ1n) is 8.49. The second-order valence-corrected chi connectivity index (χ2v) is 7.11. The lowest BCUT2D eigenvalue weighted by molar-refractivity contribution is -0.148. The third kappa shape index (κ3) is 4.77. The number of hydrogen-bond acceptors (Lipinski definition) is 3. The second-order valence-electron chi connectivity index (χ2n) is 6.30. The fourth-order valence-corrected chi connectivity index (χ4v) is 3.47. The van der Waals surface area contributed by atoms with E-state index in [4.69, 9.17) is 27.9 Å². The topological polar surface area (TPSA) is 55.4 Å². The summed E-state index contributed by atoms with van der Waals surface area (Å²) < 4.78 is 5.08. The molecule has 0 aromatic heterocycles. The lowest BCUT2D eigenvalue weighted by Gasteiger charge is -2.26. The third-order valence-corrected chi connectivity index (χ3v) is 5.14. The van der Waals surface area contributed by atoms with Crippen molar-refractivity contribution in [3.8, 4) is 0 Å². The normalized spacial score (nSPS) is 15.8. The molecule has 0 unspecified atom stereocenters. The summed E-state index contributed by atoms with van der Waals surface area (Å²) in [7, 11) is 0. The van der Waals surface area contributed by atoms with Crippen LogP contribution < -0.4 is 5.32 Å². The van der Waals surface area contributed by atoms with Crippen molar-refractivity contribution in [3.05, 3.63) is 69.2 Å². The van der Waals surface area contributed by atoms with Crippen LogP contribution in [0, 0.1) is 0 Å². The van der Waals surface area contributed by atoms with E-state index in [-0.39, 0.29) is 25.0 Å². The Balaban J connectivity index is 1.50. The van der Waals surface area contributed by atoms with E-state index < -0.39 is 5.97 Å². The molecule has 0 spiro atoms. The molecular weight excluding hydrogens is 373 g/mol. The maximum Gasteiger partial charge on any atom is 0.310 e. The molecule has 1 N–H and O–H groups in total. The molecule has 136 valence electrons. The van der Waals surface area contributed by atoms with Gasteiger partial charge in [-0.25, -0.2) is 0 Å². The number of amides is 1. The van der Waals surface area contributed by atoms with Gasteiger partial charge in [-0.3, -0.25) is 9.59 Å². The van der Waals surface area contributed by atoms with Crippen LogP contribution in [0.3, 0.4) is 0 Å². The number of ether oxygens (including phenoxy) is 1. The molecule has 2 aromatic rings. The fraction of sp³-hybridized carbons (Fsp3) is 0.300. The fourth-order valence-electron chi connectivity index (χ4n) is 3.15. The Hall–Kier alpha value is -2.04. The molecular formula is C20H19Cl2NO3. The number of carbonyl (C=O) groups excluding carboxylic acids is 2. The van der Waals surface area contributed by atoms with Crippen molar-refractivity contribution in [2.45, 2.75) is 31.7 Å². The van der Waals surface area contributed by atoms with Crippen LogP contribution in [0.1, 0.15) is 35.6 Å². The molecule has 1 amide bonds. The Kier molecular flexibility index (Phi) is 6.17. The van der Waals surface area contributed by atoms with Crippen molar-refractivity contribution in [1.29, 1.82) is 0 Å². The summed E-state index contributed by atoms with van der Waals surface area (Å²) in [6, 6.07) is 13.0. The van der Waals surface area contributed by atoms with Gasteiger partial charge in [-0.1, -0.05) is 53.5 Å². The van der Waals surface area contributed by atoms with Gasteiger partial charge in [-0.15, -0.1) is 0 Å². The SMILES string of the molecule is O=C(COC(=O)Cc1ccc(Cl)c(Cl)c1)N[C@@H]1CCCc2ccccc21. The quantitative estimate of drug-likeness (QED) is 0.774. The Morgan fingerprint density at radius 1 is 1.12 bits per heavy atom. The van der Waals surface area contributed by atoms with Gasteiger partial charge < -0.3 is 10.1 Å². The van der Waals surface area contributed by atoms with Crippen molar-refractivity contribution in [2.24, 2.45) is 0 Å². The molecule has 4 nitrogen and oxygen atoms in total. The van der Waals surface area contributed by atoms with Gasteiger partial charge in [0, 0.05) is 0 Å². The van der Waals surface area contributed by atoms with Gasteiger partial charge in [-0.05, 0) is 48.1 Å². The second kappa shape index (κ2) is 8.56. The highest BCUT2D eigenvalue weighted by molar-refractivity contribution is 6.42. The summed E-state index contributed by atoms with van der Waals surface area (Å²) in [4.78, 5) is 24.1. The number of aryl methyl sites for hydroxylation is 1.